The zero-order valence-electron chi connectivity index (χ0n) is 16.9. The highest BCUT2D eigenvalue weighted by Crippen LogP contribution is 2.25. The van der Waals surface area contributed by atoms with Gasteiger partial charge in [-0.25, -0.2) is 14.8 Å². The Balaban J connectivity index is 1.28. The first kappa shape index (κ1) is 19.4. The summed E-state index contributed by atoms with van der Waals surface area (Å²) in [5.41, 5.74) is 0. The topological polar surface area (TPSA) is 73.4 Å². The number of rotatable bonds is 4. The second kappa shape index (κ2) is 9.54. The molecule has 2 aliphatic carbocycles. The van der Waals surface area contributed by atoms with E-state index in [2.05, 4.69) is 30.4 Å². The lowest BCUT2D eigenvalue weighted by Gasteiger charge is -2.41. The predicted octanol–water partition coefficient (Wildman–Crippen LogP) is 3.39. The van der Waals surface area contributed by atoms with Crippen molar-refractivity contribution in [3.63, 3.8) is 0 Å². The molecule has 3 aliphatic rings. The number of carbonyl (C=O) groups excluding carboxylic acids is 1. The molecule has 7 heteroatoms. The predicted molar refractivity (Wildman–Crippen MR) is 112 cm³/mol. The van der Waals surface area contributed by atoms with Crippen LogP contribution in [0.2, 0.25) is 0 Å². The van der Waals surface area contributed by atoms with Crippen molar-refractivity contribution in [3.05, 3.63) is 12.4 Å². The van der Waals surface area contributed by atoms with Gasteiger partial charge < -0.3 is 10.2 Å². The molecule has 4 rings (SSSR count). The lowest BCUT2D eigenvalue weighted by atomic mass is 9.94. The molecular formula is C21H34N6O. The second-order valence-corrected chi connectivity index (χ2v) is 8.51. The van der Waals surface area contributed by atoms with E-state index < -0.39 is 0 Å². The summed E-state index contributed by atoms with van der Waals surface area (Å²) in [7, 11) is 0. The quantitative estimate of drug-likeness (QED) is 0.830. The molecular weight excluding hydrogens is 352 g/mol. The molecule has 2 saturated carbocycles. The fourth-order valence-corrected chi connectivity index (χ4v) is 4.94. The molecule has 1 aliphatic heterocycles. The van der Waals surface area contributed by atoms with Gasteiger partial charge in [-0.15, -0.1) is 0 Å². The lowest BCUT2D eigenvalue weighted by molar-refractivity contribution is 0.147. The maximum absolute atomic E-state index is 12.3. The molecule has 1 aromatic heterocycles. The van der Waals surface area contributed by atoms with Crippen molar-refractivity contribution in [2.45, 2.75) is 76.3 Å². The van der Waals surface area contributed by atoms with Crippen molar-refractivity contribution in [1.29, 1.82) is 0 Å². The average Bonchev–Trinajstić information content (AvgIpc) is 2.75. The summed E-state index contributed by atoms with van der Waals surface area (Å²) in [6.07, 6.45) is 14.3. The largest absolute Gasteiger partial charge is 0.354 e. The van der Waals surface area contributed by atoms with Crippen LogP contribution < -0.4 is 15.5 Å². The van der Waals surface area contributed by atoms with E-state index in [-0.39, 0.29) is 6.03 Å². The summed E-state index contributed by atoms with van der Waals surface area (Å²) in [6.45, 7) is 4.17. The highest BCUT2D eigenvalue weighted by Gasteiger charge is 2.25. The monoisotopic (exact) mass is 386 g/mol. The van der Waals surface area contributed by atoms with Gasteiger partial charge in [0.25, 0.3) is 0 Å². The number of aromatic nitrogens is 2. The molecule has 0 unspecified atom stereocenters. The number of urea groups is 1. The van der Waals surface area contributed by atoms with Crippen LogP contribution in [-0.2, 0) is 0 Å². The van der Waals surface area contributed by atoms with Gasteiger partial charge in [0.1, 0.15) is 18.0 Å². The van der Waals surface area contributed by atoms with Gasteiger partial charge in [-0.1, -0.05) is 38.5 Å². The number of carbonyl (C=O) groups is 1. The van der Waals surface area contributed by atoms with E-state index in [0.717, 1.165) is 50.9 Å². The van der Waals surface area contributed by atoms with Gasteiger partial charge in [-0.2, -0.15) is 0 Å². The molecule has 2 N–H and O–H groups in total. The molecule has 0 aromatic carbocycles. The number of piperazine rings is 1. The SMILES string of the molecule is O=C(Nc1cc(N2CCN(C3CCCCC3)CC2)ncn1)NC1CCCCC1. The number of nitrogens with zero attached hydrogens (tertiary/aromatic N) is 4. The van der Waals surface area contributed by atoms with Crippen molar-refractivity contribution < 1.29 is 4.79 Å². The third-order valence-corrected chi connectivity index (χ3v) is 6.56. The van der Waals surface area contributed by atoms with Crippen LogP contribution in [0, 0.1) is 0 Å². The van der Waals surface area contributed by atoms with E-state index >= 15 is 0 Å². The first-order chi connectivity index (χ1) is 13.8. The van der Waals surface area contributed by atoms with Crippen molar-refractivity contribution in [3.8, 4) is 0 Å². The smallest absolute Gasteiger partial charge is 0.320 e. The summed E-state index contributed by atoms with van der Waals surface area (Å²) in [5.74, 6) is 1.49. The molecule has 2 heterocycles. The summed E-state index contributed by atoms with van der Waals surface area (Å²) >= 11 is 0. The molecule has 7 nitrogen and oxygen atoms in total. The van der Waals surface area contributed by atoms with Crippen molar-refractivity contribution >= 4 is 17.7 Å². The number of anilines is 2. The Morgan fingerprint density at radius 1 is 0.893 bits per heavy atom. The highest BCUT2D eigenvalue weighted by atomic mass is 16.2. The summed E-state index contributed by atoms with van der Waals surface area (Å²) in [6, 6.07) is 2.82. The molecule has 2 amide bonds. The van der Waals surface area contributed by atoms with Crippen LogP contribution in [0.5, 0.6) is 0 Å². The van der Waals surface area contributed by atoms with E-state index in [1.165, 1.54) is 51.4 Å². The van der Waals surface area contributed by atoms with Gasteiger partial charge in [-0.05, 0) is 25.7 Å². The highest BCUT2D eigenvalue weighted by molar-refractivity contribution is 5.88. The van der Waals surface area contributed by atoms with E-state index in [1.807, 2.05) is 6.07 Å². The van der Waals surface area contributed by atoms with Crippen LogP contribution in [0.1, 0.15) is 64.2 Å². The third-order valence-electron chi connectivity index (χ3n) is 6.56. The zero-order valence-corrected chi connectivity index (χ0v) is 16.9. The van der Waals surface area contributed by atoms with Gasteiger partial charge in [-0.3, -0.25) is 10.2 Å². The molecule has 154 valence electrons. The first-order valence-electron chi connectivity index (χ1n) is 11.2. The maximum Gasteiger partial charge on any atom is 0.320 e. The number of nitrogens with one attached hydrogen (secondary N) is 2. The Bertz CT molecular complexity index is 634. The normalized spacial score (nSPS) is 22.8. The minimum Gasteiger partial charge on any atom is -0.354 e. The summed E-state index contributed by atoms with van der Waals surface area (Å²) in [4.78, 5) is 25.9. The van der Waals surface area contributed by atoms with Crippen molar-refractivity contribution in [2.24, 2.45) is 0 Å². The minimum atomic E-state index is -0.154. The molecule has 0 radical (unpaired) electrons. The van der Waals surface area contributed by atoms with Crippen LogP contribution >= 0.6 is 0 Å². The van der Waals surface area contributed by atoms with Gasteiger partial charge in [0.2, 0.25) is 0 Å². The molecule has 0 bridgehead atoms. The molecule has 1 saturated heterocycles. The van der Waals surface area contributed by atoms with Crippen molar-refractivity contribution in [1.82, 2.24) is 20.2 Å². The van der Waals surface area contributed by atoms with E-state index in [1.54, 1.807) is 6.33 Å². The van der Waals surface area contributed by atoms with Crippen LogP contribution in [0.25, 0.3) is 0 Å². The van der Waals surface area contributed by atoms with Crippen LogP contribution in [0.4, 0.5) is 16.4 Å². The number of hydrogen-bond acceptors (Lipinski definition) is 5. The van der Waals surface area contributed by atoms with Gasteiger partial charge in [0.05, 0.1) is 0 Å². The Morgan fingerprint density at radius 2 is 1.57 bits per heavy atom. The zero-order chi connectivity index (χ0) is 19.2. The van der Waals surface area contributed by atoms with Gasteiger partial charge >= 0.3 is 6.03 Å². The lowest BCUT2D eigenvalue weighted by Crippen LogP contribution is -2.51. The van der Waals surface area contributed by atoms with E-state index in [9.17, 15) is 4.79 Å². The summed E-state index contributed by atoms with van der Waals surface area (Å²) in [5, 5.41) is 5.97. The van der Waals surface area contributed by atoms with E-state index in [0.29, 0.717) is 11.9 Å². The molecule has 0 atom stereocenters. The Morgan fingerprint density at radius 3 is 2.29 bits per heavy atom. The number of hydrogen-bond donors (Lipinski definition) is 2. The second-order valence-electron chi connectivity index (χ2n) is 8.51. The minimum absolute atomic E-state index is 0.154. The maximum atomic E-state index is 12.3. The fraction of sp³-hybridized carbons (Fsp3) is 0.762. The third kappa shape index (κ3) is 5.13. The Hall–Kier alpha value is -1.89. The molecule has 28 heavy (non-hydrogen) atoms. The average molecular weight is 387 g/mol. The fourth-order valence-electron chi connectivity index (χ4n) is 4.94. The molecule has 3 fully saturated rings. The van der Waals surface area contributed by atoms with Crippen LogP contribution in [-0.4, -0.2) is 59.2 Å². The van der Waals surface area contributed by atoms with Gasteiger partial charge in [0.15, 0.2) is 0 Å². The van der Waals surface area contributed by atoms with Crippen LogP contribution in [0.15, 0.2) is 12.4 Å². The Labute approximate surface area is 168 Å². The molecule has 1 aromatic rings. The van der Waals surface area contributed by atoms with Crippen molar-refractivity contribution in [2.75, 3.05) is 36.4 Å². The summed E-state index contributed by atoms with van der Waals surface area (Å²) < 4.78 is 0. The van der Waals surface area contributed by atoms with Gasteiger partial charge in [0, 0.05) is 44.3 Å². The Kier molecular flexibility index (Phi) is 6.62. The van der Waals surface area contributed by atoms with Crippen LogP contribution in [0.3, 0.4) is 0 Å². The van der Waals surface area contributed by atoms with E-state index in [4.69, 9.17) is 0 Å². The molecule has 0 spiro atoms. The number of amides is 2. The first-order valence-corrected chi connectivity index (χ1v) is 11.2. The standard InChI is InChI=1S/C21H34N6O/c28-21(24-17-7-3-1-4-8-17)25-19-15-20(23-16-22-19)27-13-11-26(12-14-27)18-9-5-2-6-10-18/h15-18H,1-14H2,(H2,22,23,24,25,28).